The maximum Gasteiger partial charge on any atom is 0.371 e. The lowest BCUT2D eigenvalue weighted by molar-refractivity contribution is -0.136. The Hall–Kier alpha value is -1.87. The Kier molecular flexibility index (Phi) is 4.87. The van der Waals surface area contributed by atoms with Crippen LogP contribution in [0.5, 0.6) is 0 Å². The van der Waals surface area contributed by atoms with Crippen molar-refractivity contribution in [3.63, 3.8) is 0 Å². The molecule has 0 aromatic carbocycles. The number of carboxylic acid groups (broad SMARTS) is 1. The van der Waals surface area contributed by atoms with E-state index in [2.05, 4.69) is 13.8 Å². The molecule has 2 aliphatic heterocycles. The summed E-state index contributed by atoms with van der Waals surface area (Å²) in [5.74, 6) is -1.78. The Morgan fingerprint density at radius 2 is 1.85 bits per heavy atom. The van der Waals surface area contributed by atoms with Crippen LogP contribution in [0.3, 0.4) is 0 Å². The average Bonchev–Trinajstić information content (AvgIpc) is 3.21. The number of aromatic carboxylic acids is 1. The average molecular weight is 384 g/mol. The zero-order valence-electron chi connectivity index (χ0n) is 15.0. The molecule has 2 aliphatic rings. The van der Waals surface area contributed by atoms with Gasteiger partial charge in [0.2, 0.25) is 16.8 Å². The normalized spacial score (nSPS) is 21.8. The van der Waals surface area contributed by atoms with Gasteiger partial charge in [-0.1, -0.05) is 13.8 Å². The number of piperidine rings is 1. The predicted octanol–water partition coefficient (Wildman–Crippen LogP) is 1.64. The largest absolute Gasteiger partial charge is 0.475 e. The molecule has 0 atom stereocenters. The van der Waals surface area contributed by atoms with Gasteiger partial charge < -0.3 is 14.4 Å². The SMILES string of the molecule is CC1(C)CCN(C(=O)C2CCN(S(=O)(=O)c3ccc(C(=O)O)o3)CC2)C1. The van der Waals surface area contributed by atoms with Crippen molar-refractivity contribution in [3.05, 3.63) is 17.9 Å². The first-order chi connectivity index (χ1) is 12.1. The van der Waals surface area contributed by atoms with Crippen LogP contribution < -0.4 is 0 Å². The van der Waals surface area contributed by atoms with Gasteiger partial charge in [0.15, 0.2) is 0 Å². The minimum atomic E-state index is -3.88. The third-order valence-electron chi connectivity index (χ3n) is 5.18. The Morgan fingerprint density at radius 1 is 1.19 bits per heavy atom. The Morgan fingerprint density at radius 3 is 2.35 bits per heavy atom. The van der Waals surface area contributed by atoms with E-state index in [4.69, 9.17) is 9.52 Å². The molecule has 0 unspecified atom stereocenters. The zero-order valence-corrected chi connectivity index (χ0v) is 15.8. The number of nitrogens with zero attached hydrogens (tertiary/aromatic N) is 2. The molecule has 1 aromatic heterocycles. The fourth-order valence-electron chi connectivity index (χ4n) is 3.60. The maximum absolute atomic E-state index is 12.7. The fourth-order valence-corrected chi connectivity index (χ4v) is 4.98. The quantitative estimate of drug-likeness (QED) is 0.845. The van der Waals surface area contributed by atoms with Crippen LogP contribution in [0.4, 0.5) is 0 Å². The molecule has 3 heterocycles. The van der Waals surface area contributed by atoms with Gasteiger partial charge >= 0.3 is 5.97 Å². The van der Waals surface area contributed by atoms with E-state index in [1.54, 1.807) is 0 Å². The lowest BCUT2D eigenvalue weighted by Gasteiger charge is -2.32. The van der Waals surface area contributed by atoms with Gasteiger partial charge in [-0.3, -0.25) is 4.79 Å². The molecule has 0 radical (unpaired) electrons. The highest BCUT2D eigenvalue weighted by Gasteiger charge is 2.38. The number of hydrogen-bond acceptors (Lipinski definition) is 5. The summed E-state index contributed by atoms with van der Waals surface area (Å²) in [5, 5.41) is 8.49. The standard InChI is InChI=1S/C17H24N2O6S/c1-17(2)7-10-18(11-17)15(20)12-5-8-19(9-6-12)26(23,24)14-4-3-13(25-14)16(21)22/h3-4,12H,5-11H2,1-2H3,(H,21,22). The summed E-state index contributed by atoms with van der Waals surface area (Å²) < 4.78 is 31.4. The molecular weight excluding hydrogens is 360 g/mol. The van der Waals surface area contributed by atoms with Crippen molar-refractivity contribution in [2.24, 2.45) is 11.3 Å². The van der Waals surface area contributed by atoms with Crippen LogP contribution in [-0.2, 0) is 14.8 Å². The number of carboxylic acids is 1. The molecule has 0 bridgehead atoms. The summed E-state index contributed by atoms with van der Waals surface area (Å²) in [6.45, 7) is 6.23. The van der Waals surface area contributed by atoms with Gasteiger partial charge in [0, 0.05) is 32.1 Å². The van der Waals surface area contributed by atoms with Gasteiger partial charge in [-0.05, 0) is 36.8 Å². The molecule has 1 N–H and O–H groups in total. The van der Waals surface area contributed by atoms with E-state index in [1.807, 2.05) is 4.90 Å². The van der Waals surface area contributed by atoms with E-state index in [1.165, 1.54) is 4.31 Å². The van der Waals surface area contributed by atoms with Gasteiger partial charge in [0.05, 0.1) is 0 Å². The monoisotopic (exact) mass is 384 g/mol. The number of amides is 1. The van der Waals surface area contributed by atoms with Gasteiger partial charge in [-0.2, -0.15) is 4.31 Å². The predicted molar refractivity (Wildman–Crippen MR) is 92.1 cm³/mol. The summed E-state index contributed by atoms with van der Waals surface area (Å²) in [7, 11) is -3.88. The second-order valence-electron chi connectivity index (χ2n) is 7.78. The van der Waals surface area contributed by atoms with Crippen LogP contribution in [0.2, 0.25) is 0 Å². The van der Waals surface area contributed by atoms with E-state index >= 15 is 0 Å². The molecular formula is C17H24N2O6S. The van der Waals surface area contributed by atoms with Crippen LogP contribution in [0.15, 0.2) is 21.6 Å². The molecule has 2 saturated heterocycles. The van der Waals surface area contributed by atoms with Crippen molar-refractivity contribution >= 4 is 21.9 Å². The molecule has 0 spiro atoms. The van der Waals surface area contributed by atoms with Crippen molar-refractivity contribution in [2.75, 3.05) is 26.2 Å². The lowest BCUT2D eigenvalue weighted by Crippen LogP contribution is -2.44. The van der Waals surface area contributed by atoms with Gasteiger partial charge in [0.1, 0.15) is 0 Å². The second kappa shape index (κ2) is 6.70. The number of carbonyl (C=O) groups is 2. The van der Waals surface area contributed by atoms with Crippen LogP contribution >= 0.6 is 0 Å². The smallest absolute Gasteiger partial charge is 0.371 e. The first-order valence-corrected chi connectivity index (χ1v) is 10.2. The third-order valence-corrected chi connectivity index (χ3v) is 6.95. The Labute approximate surface area is 152 Å². The number of sulfonamides is 1. The first kappa shape index (κ1) is 18.9. The topological polar surface area (TPSA) is 108 Å². The summed E-state index contributed by atoms with van der Waals surface area (Å²) in [5.41, 5.74) is 0.140. The Bertz CT molecular complexity index is 805. The molecule has 1 amide bonds. The number of rotatable bonds is 4. The van der Waals surface area contributed by atoms with E-state index in [0.29, 0.717) is 12.8 Å². The van der Waals surface area contributed by atoms with Crippen molar-refractivity contribution < 1.29 is 27.5 Å². The highest BCUT2D eigenvalue weighted by atomic mass is 32.2. The van der Waals surface area contributed by atoms with Crippen molar-refractivity contribution in [2.45, 2.75) is 38.2 Å². The van der Waals surface area contributed by atoms with Crippen LogP contribution in [-0.4, -0.2) is 60.8 Å². The highest BCUT2D eigenvalue weighted by molar-refractivity contribution is 7.89. The third kappa shape index (κ3) is 3.64. The molecule has 3 rings (SSSR count). The molecule has 8 nitrogen and oxygen atoms in total. The van der Waals surface area contributed by atoms with Crippen LogP contribution in [0.25, 0.3) is 0 Å². The summed E-state index contributed by atoms with van der Waals surface area (Å²) in [6, 6.07) is 2.28. The molecule has 144 valence electrons. The number of hydrogen-bond donors (Lipinski definition) is 1. The van der Waals surface area contributed by atoms with E-state index in [9.17, 15) is 18.0 Å². The molecule has 2 fully saturated rings. The van der Waals surface area contributed by atoms with Crippen LogP contribution in [0.1, 0.15) is 43.7 Å². The van der Waals surface area contributed by atoms with Crippen molar-refractivity contribution in [1.29, 1.82) is 0 Å². The minimum Gasteiger partial charge on any atom is -0.475 e. The zero-order chi connectivity index (χ0) is 19.1. The van der Waals surface area contributed by atoms with E-state index < -0.39 is 21.8 Å². The van der Waals surface area contributed by atoms with E-state index in [-0.39, 0.29) is 35.4 Å². The number of carbonyl (C=O) groups excluding carboxylic acids is 1. The van der Waals surface area contributed by atoms with Crippen LogP contribution in [0, 0.1) is 11.3 Å². The summed E-state index contributed by atoms with van der Waals surface area (Å²) in [4.78, 5) is 25.4. The Balaban J connectivity index is 1.62. The van der Waals surface area contributed by atoms with Gasteiger partial charge in [-0.25, -0.2) is 13.2 Å². The van der Waals surface area contributed by atoms with Gasteiger partial charge in [-0.15, -0.1) is 0 Å². The first-order valence-electron chi connectivity index (χ1n) is 8.72. The molecule has 0 saturated carbocycles. The lowest BCUT2D eigenvalue weighted by atomic mass is 9.93. The number of likely N-dealkylation sites (tertiary alicyclic amines) is 1. The molecule has 26 heavy (non-hydrogen) atoms. The van der Waals surface area contributed by atoms with Gasteiger partial charge in [0.25, 0.3) is 10.0 Å². The van der Waals surface area contributed by atoms with E-state index in [0.717, 1.165) is 31.6 Å². The molecule has 0 aliphatic carbocycles. The fraction of sp³-hybridized carbons (Fsp3) is 0.647. The summed E-state index contributed by atoms with van der Waals surface area (Å²) in [6.07, 6.45) is 1.90. The number of furan rings is 1. The molecule has 1 aromatic rings. The van der Waals surface area contributed by atoms with Crippen molar-refractivity contribution in [1.82, 2.24) is 9.21 Å². The summed E-state index contributed by atoms with van der Waals surface area (Å²) >= 11 is 0. The van der Waals surface area contributed by atoms with Crippen molar-refractivity contribution in [3.8, 4) is 0 Å². The minimum absolute atomic E-state index is 0.110. The molecule has 9 heteroatoms. The second-order valence-corrected chi connectivity index (χ2v) is 9.65. The maximum atomic E-state index is 12.7. The highest BCUT2D eigenvalue weighted by Crippen LogP contribution is 2.32.